The van der Waals surface area contributed by atoms with Gasteiger partial charge in [-0.1, -0.05) is 0 Å². The standard InChI is InChI=1S/C13H21NO4/c1-9(2)17-8-7-14(4)10(3)11-5-6-12(18-11)13(15)16/h5-6,9-10H,7-8H2,1-4H3,(H,15,16). The van der Waals surface area contributed by atoms with E-state index in [1.165, 1.54) is 6.07 Å². The molecule has 1 N–H and O–H groups in total. The summed E-state index contributed by atoms with van der Waals surface area (Å²) >= 11 is 0. The molecule has 0 aliphatic rings. The fourth-order valence-electron chi connectivity index (χ4n) is 1.54. The van der Waals surface area contributed by atoms with Crippen molar-refractivity contribution in [3.8, 4) is 0 Å². The molecular formula is C13H21NO4. The lowest BCUT2D eigenvalue weighted by Gasteiger charge is -2.23. The van der Waals surface area contributed by atoms with Crippen molar-refractivity contribution in [2.24, 2.45) is 0 Å². The number of hydrogen-bond acceptors (Lipinski definition) is 4. The topological polar surface area (TPSA) is 62.9 Å². The quantitative estimate of drug-likeness (QED) is 0.810. The van der Waals surface area contributed by atoms with E-state index in [0.717, 1.165) is 6.54 Å². The maximum atomic E-state index is 10.7. The first-order chi connectivity index (χ1) is 8.41. The van der Waals surface area contributed by atoms with E-state index >= 15 is 0 Å². The lowest BCUT2D eigenvalue weighted by molar-refractivity contribution is 0.0542. The zero-order valence-corrected chi connectivity index (χ0v) is 11.3. The summed E-state index contributed by atoms with van der Waals surface area (Å²) in [6.45, 7) is 7.37. The van der Waals surface area contributed by atoms with E-state index in [9.17, 15) is 4.79 Å². The van der Waals surface area contributed by atoms with Crippen LogP contribution in [0.25, 0.3) is 0 Å². The molecule has 1 rings (SSSR count). The van der Waals surface area contributed by atoms with Crippen LogP contribution in [0.3, 0.4) is 0 Å². The SMILES string of the molecule is CC(C)OCCN(C)C(C)c1ccc(C(=O)O)o1. The van der Waals surface area contributed by atoms with Crippen molar-refractivity contribution < 1.29 is 19.1 Å². The molecule has 0 bridgehead atoms. The number of carbonyl (C=O) groups is 1. The Bertz CT molecular complexity index is 386. The Hall–Kier alpha value is -1.33. The Balaban J connectivity index is 2.51. The molecule has 0 amide bonds. The molecule has 0 saturated heterocycles. The van der Waals surface area contributed by atoms with Gasteiger partial charge >= 0.3 is 5.97 Å². The van der Waals surface area contributed by atoms with Gasteiger partial charge in [-0.05, 0) is 40.0 Å². The number of ether oxygens (including phenoxy) is 1. The first-order valence-electron chi connectivity index (χ1n) is 6.06. The fraction of sp³-hybridized carbons (Fsp3) is 0.615. The Morgan fingerprint density at radius 2 is 2.11 bits per heavy atom. The molecule has 0 spiro atoms. The molecule has 0 aliphatic carbocycles. The third kappa shape index (κ3) is 4.16. The van der Waals surface area contributed by atoms with Gasteiger partial charge in [0.2, 0.25) is 5.76 Å². The largest absolute Gasteiger partial charge is 0.475 e. The number of carboxylic acids is 1. The van der Waals surface area contributed by atoms with E-state index in [4.69, 9.17) is 14.3 Å². The monoisotopic (exact) mass is 255 g/mol. The van der Waals surface area contributed by atoms with Gasteiger partial charge in [0, 0.05) is 6.54 Å². The summed E-state index contributed by atoms with van der Waals surface area (Å²) in [5.74, 6) is -0.414. The Morgan fingerprint density at radius 3 is 2.61 bits per heavy atom. The van der Waals surface area contributed by atoms with Gasteiger partial charge in [-0.3, -0.25) is 4.90 Å². The number of carboxylic acid groups (broad SMARTS) is 1. The summed E-state index contributed by atoms with van der Waals surface area (Å²) in [6, 6.07) is 3.20. The number of rotatable bonds is 7. The number of hydrogen-bond donors (Lipinski definition) is 1. The third-order valence-electron chi connectivity index (χ3n) is 2.81. The molecule has 1 atom stereocenters. The van der Waals surface area contributed by atoms with Gasteiger partial charge in [-0.25, -0.2) is 4.79 Å². The summed E-state index contributed by atoms with van der Waals surface area (Å²) in [6.07, 6.45) is 0.218. The van der Waals surface area contributed by atoms with Crippen LogP contribution in [-0.4, -0.2) is 42.3 Å². The molecule has 5 nitrogen and oxygen atoms in total. The highest BCUT2D eigenvalue weighted by atomic mass is 16.5. The van der Waals surface area contributed by atoms with Crippen LogP contribution in [0, 0.1) is 0 Å². The van der Waals surface area contributed by atoms with Crippen molar-refractivity contribution in [2.45, 2.75) is 32.9 Å². The Morgan fingerprint density at radius 1 is 1.44 bits per heavy atom. The van der Waals surface area contributed by atoms with E-state index in [1.54, 1.807) is 6.07 Å². The van der Waals surface area contributed by atoms with Crippen LogP contribution >= 0.6 is 0 Å². The lowest BCUT2D eigenvalue weighted by Crippen LogP contribution is -2.27. The molecular weight excluding hydrogens is 234 g/mol. The molecule has 102 valence electrons. The van der Waals surface area contributed by atoms with Gasteiger partial charge in [0.1, 0.15) is 5.76 Å². The molecule has 0 radical (unpaired) electrons. The second-order valence-electron chi connectivity index (χ2n) is 4.58. The van der Waals surface area contributed by atoms with Crippen LogP contribution < -0.4 is 0 Å². The average Bonchev–Trinajstić information content (AvgIpc) is 2.76. The second kappa shape index (κ2) is 6.56. The number of likely N-dealkylation sites (N-methyl/N-ethyl adjacent to an activating group) is 1. The van der Waals surface area contributed by atoms with Crippen molar-refractivity contribution in [1.82, 2.24) is 4.90 Å². The zero-order chi connectivity index (χ0) is 13.7. The van der Waals surface area contributed by atoms with Gasteiger partial charge in [-0.15, -0.1) is 0 Å². The number of furan rings is 1. The predicted octanol–water partition coefficient (Wildman–Crippen LogP) is 2.40. The molecule has 1 unspecified atom stereocenters. The van der Waals surface area contributed by atoms with Crippen molar-refractivity contribution >= 4 is 5.97 Å². The number of aromatic carboxylic acids is 1. The fourth-order valence-corrected chi connectivity index (χ4v) is 1.54. The van der Waals surface area contributed by atoms with Gasteiger partial charge in [0.05, 0.1) is 18.8 Å². The molecule has 0 fully saturated rings. The van der Waals surface area contributed by atoms with Crippen molar-refractivity contribution in [1.29, 1.82) is 0 Å². The zero-order valence-electron chi connectivity index (χ0n) is 11.3. The minimum Gasteiger partial charge on any atom is -0.475 e. The molecule has 5 heteroatoms. The first kappa shape index (κ1) is 14.7. The van der Waals surface area contributed by atoms with Crippen LogP contribution in [0.4, 0.5) is 0 Å². The molecule has 0 aliphatic heterocycles. The van der Waals surface area contributed by atoms with E-state index in [0.29, 0.717) is 12.4 Å². The van der Waals surface area contributed by atoms with E-state index in [1.807, 2.05) is 27.8 Å². The lowest BCUT2D eigenvalue weighted by atomic mass is 10.2. The van der Waals surface area contributed by atoms with E-state index in [2.05, 4.69) is 4.90 Å². The minimum atomic E-state index is -1.04. The minimum absolute atomic E-state index is 0.0221. The van der Waals surface area contributed by atoms with E-state index in [-0.39, 0.29) is 17.9 Å². The van der Waals surface area contributed by atoms with Crippen molar-refractivity contribution in [2.75, 3.05) is 20.2 Å². The van der Waals surface area contributed by atoms with E-state index < -0.39 is 5.97 Å². The summed E-state index contributed by atoms with van der Waals surface area (Å²) in [4.78, 5) is 12.8. The summed E-state index contributed by atoms with van der Waals surface area (Å²) in [5.41, 5.74) is 0. The molecule has 0 saturated carbocycles. The van der Waals surface area contributed by atoms with Crippen LogP contribution in [-0.2, 0) is 4.74 Å². The van der Waals surface area contributed by atoms with Crippen LogP contribution in [0.5, 0.6) is 0 Å². The number of nitrogens with zero attached hydrogens (tertiary/aromatic N) is 1. The predicted molar refractivity (Wildman–Crippen MR) is 67.8 cm³/mol. The average molecular weight is 255 g/mol. The molecule has 0 aromatic carbocycles. The van der Waals surface area contributed by atoms with Gasteiger partial charge < -0.3 is 14.3 Å². The third-order valence-corrected chi connectivity index (χ3v) is 2.81. The first-order valence-corrected chi connectivity index (χ1v) is 6.06. The molecule has 1 aromatic heterocycles. The highest BCUT2D eigenvalue weighted by Gasteiger charge is 2.17. The Kier molecular flexibility index (Phi) is 5.37. The van der Waals surface area contributed by atoms with Crippen LogP contribution in [0.1, 0.15) is 43.1 Å². The Labute approximate surface area is 107 Å². The summed E-state index contributed by atoms with van der Waals surface area (Å²) in [7, 11) is 1.96. The maximum absolute atomic E-state index is 10.7. The normalized spacial score (nSPS) is 13.2. The highest BCUT2D eigenvalue weighted by molar-refractivity contribution is 5.84. The second-order valence-corrected chi connectivity index (χ2v) is 4.58. The van der Waals surface area contributed by atoms with Gasteiger partial charge in [-0.2, -0.15) is 0 Å². The molecule has 18 heavy (non-hydrogen) atoms. The smallest absolute Gasteiger partial charge is 0.371 e. The van der Waals surface area contributed by atoms with Gasteiger partial charge in [0.15, 0.2) is 0 Å². The van der Waals surface area contributed by atoms with Crippen LogP contribution in [0.15, 0.2) is 16.5 Å². The maximum Gasteiger partial charge on any atom is 0.371 e. The molecule has 1 aromatic rings. The molecule has 1 heterocycles. The van der Waals surface area contributed by atoms with Gasteiger partial charge in [0.25, 0.3) is 0 Å². The van der Waals surface area contributed by atoms with Crippen molar-refractivity contribution in [3.63, 3.8) is 0 Å². The highest BCUT2D eigenvalue weighted by Crippen LogP contribution is 2.21. The summed E-state index contributed by atoms with van der Waals surface area (Å²) < 4.78 is 10.7. The summed E-state index contributed by atoms with van der Waals surface area (Å²) in [5, 5.41) is 8.79. The van der Waals surface area contributed by atoms with Crippen molar-refractivity contribution in [3.05, 3.63) is 23.7 Å². The van der Waals surface area contributed by atoms with Crippen LogP contribution in [0.2, 0.25) is 0 Å².